The van der Waals surface area contributed by atoms with Crippen molar-refractivity contribution in [2.45, 2.75) is 24.5 Å². The lowest BCUT2D eigenvalue weighted by atomic mass is 10.2. The van der Waals surface area contributed by atoms with Gasteiger partial charge in [0, 0.05) is 7.05 Å². The zero-order chi connectivity index (χ0) is 11.6. The number of aromatic nitrogens is 2. The molecule has 1 unspecified atom stereocenters. The van der Waals surface area contributed by atoms with Crippen LogP contribution in [0.4, 0.5) is 0 Å². The van der Waals surface area contributed by atoms with Crippen molar-refractivity contribution in [2.75, 3.05) is 12.4 Å². The molecule has 1 atom stereocenters. The summed E-state index contributed by atoms with van der Waals surface area (Å²) in [6.45, 7) is 0.244. The van der Waals surface area contributed by atoms with E-state index < -0.39 is 9.84 Å². The van der Waals surface area contributed by atoms with Gasteiger partial charge in [0.2, 0.25) is 0 Å². The van der Waals surface area contributed by atoms with Crippen molar-refractivity contribution in [3.8, 4) is 5.75 Å². The van der Waals surface area contributed by atoms with Crippen molar-refractivity contribution in [2.24, 2.45) is 7.05 Å². The van der Waals surface area contributed by atoms with E-state index in [0.29, 0.717) is 17.9 Å². The molecule has 1 fully saturated rings. The fourth-order valence-electron chi connectivity index (χ4n) is 1.87. The van der Waals surface area contributed by atoms with Gasteiger partial charge in [0.05, 0.1) is 23.4 Å². The predicted octanol–water partition coefficient (Wildman–Crippen LogP) is 0.766. The van der Waals surface area contributed by atoms with E-state index in [1.54, 1.807) is 24.1 Å². The van der Waals surface area contributed by atoms with Crippen molar-refractivity contribution in [3.05, 3.63) is 12.4 Å². The van der Waals surface area contributed by atoms with E-state index >= 15 is 0 Å². The van der Waals surface area contributed by atoms with Crippen molar-refractivity contribution in [3.63, 3.8) is 0 Å². The number of ether oxygens (including phenoxy) is 1. The van der Waals surface area contributed by atoms with E-state index in [-0.39, 0.29) is 11.9 Å². The molecular formula is C10H16N2O3S. The van der Waals surface area contributed by atoms with Gasteiger partial charge in [-0.3, -0.25) is 4.68 Å². The molecule has 0 aromatic carbocycles. The molecule has 90 valence electrons. The minimum Gasteiger partial charge on any atom is -0.489 e. The van der Waals surface area contributed by atoms with Crippen molar-refractivity contribution in [1.82, 2.24) is 9.78 Å². The normalized spacial score (nSPS) is 24.2. The van der Waals surface area contributed by atoms with E-state index in [2.05, 4.69) is 5.10 Å². The average molecular weight is 244 g/mol. The van der Waals surface area contributed by atoms with Gasteiger partial charge in [0.25, 0.3) is 0 Å². The van der Waals surface area contributed by atoms with Gasteiger partial charge in [-0.25, -0.2) is 8.42 Å². The maximum Gasteiger partial charge on any atom is 0.157 e. The standard InChI is InChI=1S/C10H16N2O3S/c1-12-7-9(6-11-12)15-8-10-4-2-3-5-16(10,13)14/h6-7,10H,2-5,8H2,1H3. The molecule has 1 saturated heterocycles. The minimum absolute atomic E-state index is 0.244. The van der Waals surface area contributed by atoms with Crippen LogP contribution in [-0.4, -0.2) is 35.8 Å². The van der Waals surface area contributed by atoms with E-state index in [9.17, 15) is 8.42 Å². The van der Waals surface area contributed by atoms with Crippen LogP contribution in [0.15, 0.2) is 12.4 Å². The summed E-state index contributed by atoms with van der Waals surface area (Å²) < 4.78 is 30.5. The van der Waals surface area contributed by atoms with E-state index in [4.69, 9.17) is 4.74 Å². The van der Waals surface area contributed by atoms with Gasteiger partial charge in [0.1, 0.15) is 6.61 Å². The monoisotopic (exact) mass is 244 g/mol. The van der Waals surface area contributed by atoms with Crippen LogP contribution in [0, 0.1) is 0 Å². The van der Waals surface area contributed by atoms with Crippen molar-refractivity contribution >= 4 is 9.84 Å². The number of sulfone groups is 1. The van der Waals surface area contributed by atoms with Crippen LogP contribution in [0.3, 0.4) is 0 Å². The molecule has 2 heterocycles. The SMILES string of the molecule is Cn1cc(OCC2CCCCS2(=O)=O)cn1. The molecule has 0 amide bonds. The van der Waals surface area contributed by atoms with Gasteiger partial charge in [-0.15, -0.1) is 0 Å². The Bertz CT molecular complexity index is 452. The van der Waals surface area contributed by atoms with Gasteiger partial charge in [-0.2, -0.15) is 5.10 Å². The Morgan fingerprint density at radius 1 is 1.56 bits per heavy atom. The first-order valence-electron chi connectivity index (χ1n) is 5.41. The van der Waals surface area contributed by atoms with Gasteiger partial charge < -0.3 is 4.74 Å². The predicted molar refractivity (Wildman–Crippen MR) is 60.1 cm³/mol. The third-order valence-corrected chi connectivity index (χ3v) is 5.08. The van der Waals surface area contributed by atoms with E-state index in [1.807, 2.05) is 0 Å². The number of hydrogen-bond acceptors (Lipinski definition) is 4. The second kappa shape index (κ2) is 4.45. The first-order valence-corrected chi connectivity index (χ1v) is 7.12. The maximum atomic E-state index is 11.7. The highest BCUT2D eigenvalue weighted by atomic mass is 32.2. The highest BCUT2D eigenvalue weighted by molar-refractivity contribution is 7.92. The third-order valence-electron chi connectivity index (χ3n) is 2.83. The molecule has 1 aliphatic rings. The van der Waals surface area contributed by atoms with Gasteiger partial charge in [-0.05, 0) is 12.8 Å². The molecule has 1 aromatic heterocycles. The molecule has 1 aliphatic heterocycles. The Balaban J connectivity index is 1.94. The summed E-state index contributed by atoms with van der Waals surface area (Å²) >= 11 is 0. The second-order valence-electron chi connectivity index (χ2n) is 4.15. The van der Waals surface area contributed by atoms with Crippen LogP contribution in [0.25, 0.3) is 0 Å². The number of hydrogen-bond donors (Lipinski definition) is 0. The maximum absolute atomic E-state index is 11.7. The van der Waals surface area contributed by atoms with Crippen LogP contribution < -0.4 is 4.74 Å². The molecule has 0 bridgehead atoms. The fourth-order valence-corrected chi connectivity index (χ4v) is 3.61. The van der Waals surface area contributed by atoms with Crippen LogP contribution in [0.2, 0.25) is 0 Å². The van der Waals surface area contributed by atoms with E-state index in [0.717, 1.165) is 12.8 Å². The summed E-state index contributed by atoms with van der Waals surface area (Å²) in [6.07, 6.45) is 5.79. The summed E-state index contributed by atoms with van der Waals surface area (Å²) in [5.74, 6) is 0.928. The summed E-state index contributed by atoms with van der Waals surface area (Å²) in [6, 6.07) is 0. The molecule has 5 nitrogen and oxygen atoms in total. The quantitative estimate of drug-likeness (QED) is 0.788. The largest absolute Gasteiger partial charge is 0.489 e. The van der Waals surface area contributed by atoms with Crippen molar-refractivity contribution < 1.29 is 13.2 Å². The third kappa shape index (κ3) is 2.55. The lowest BCUT2D eigenvalue weighted by Crippen LogP contribution is -2.33. The molecule has 0 spiro atoms. The molecular weight excluding hydrogens is 228 g/mol. The zero-order valence-corrected chi connectivity index (χ0v) is 10.1. The molecule has 16 heavy (non-hydrogen) atoms. The number of aryl methyl sites for hydroxylation is 1. The van der Waals surface area contributed by atoms with Gasteiger partial charge in [0.15, 0.2) is 15.6 Å². The Hall–Kier alpha value is -1.04. The van der Waals surface area contributed by atoms with Crippen LogP contribution in [0.5, 0.6) is 5.75 Å². The van der Waals surface area contributed by atoms with E-state index in [1.165, 1.54) is 0 Å². The molecule has 6 heteroatoms. The fraction of sp³-hybridized carbons (Fsp3) is 0.700. The molecule has 0 radical (unpaired) electrons. The Kier molecular flexibility index (Phi) is 3.18. The minimum atomic E-state index is -2.94. The Morgan fingerprint density at radius 3 is 3.00 bits per heavy atom. The zero-order valence-electron chi connectivity index (χ0n) is 9.30. The number of nitrogens with zero attached hydrogens (tertiary/aromatic N) is 2. The number of rotatable bonds is 3. The highest BCUT2D eigenvalue weighted by Gasteiger charge is 2.29. The molecule has 2 rings (SSSR count). The second-order valence-corrected chi connectivity index (χ2v) is 6.55. The summed E-state index contributed by atoms with van der Waals surface area (Å²) in [5.41, 5.74) is 0. The lowest BCUT2D eigenvalue weighted by Gasteiger charge is -2.21. The van der Waals surface area contributed by atoms with Gasteiger partial charge >= 0.3 is 0 Å². The summed E-state index contributed by atoms with van der Waals surface area (Å²) in [5, 5.41) is 3.61. The average Bonchev–Trinajstić information content (AvgIpc) is 2.62. The van der Waals surface area contributed by atoms with Gasteiger partial charge in [-0.1, -0.05) is 6.42 Å². The first-order chi connectivity index (χ1) is 7.58. The highest BCUT2D eigenvalue weighted by Crippen LogP contribution is 2.20. The van der Waals surface area contributed by atoms with Crippen molar-refractivity contribution in [1.29, 1.82) is 0 Å². The molecule has 0 aliphatic carbocycles. The molecule has 0 saturated carbocycles. The molecule has 0 N–H and O–H groups in total. The van der Waals surface area contributed by atoms with Crippen LogP contribution in [-0.2, 0) is 16.9 Å². The summed E-state index contributed by atoms with van der Waals surface area (Å²) in [4.78, 5) is 0. The van der Waals surface area contributed by atoms with Crippen LogP contribution >= 0.6 is 0 Å². The lowest BCUT2D eigenvalue weighted by molar-refractivity contribution is 0.302. The Labute approximate surface area is 95.3 Å². The molecule has 1 aromatic rings. The summed E-state index contributed by atoms with van der Waals surface area (Å²) in [7, 11) is -1.14. The topological polar surface area (TPSA) is 61.2 Å². The van der Waals surface area contributed by atoms with Crippen LogP contribution in [0.1, 0.15) is 19.3 Å². The Morgan fingerprint density at radius 2 is 2.38 bits per heavy atom. The smallest absolute Gasteiger partial charge is 0.157 e. The first kappa shape index (κ1) is 11.4.